The van der Waals surface area contributed by atoms with Gasteiger partial charge in [-0.1, -0.05) is 18.2 Å². The Kier molecular flexibility index (Phi) is 6.08. The maximum absolute atomic E-state index is 11.2. The van der Waals surface area contributed by atoms with Crippen molar-refractivity contribution in [3.05, 3.63) is 57.8 Å². The Morgan fingerprint density at radius 3 is 2.34 bits per heavy atom. The summed E-state index contributed by atoms with van der Waals surface area (Å²) in [6, 6.07) is 15.3. The third-order valence-corrected chi connectivity index (χ3v) is 5.04. The maximum atomic E-state index is 11.2. The Balaban J connectivity index is 2.10. The molecule has 0 aliphatic rings. The molecule has 144 valence electrons. The summed E-state index contributed by atoms with van der Waals surface area (Å²) in [5, 5.41) is 30.4. The number of hydrogen-bond acceptors (Lipinski definition) is 7. The molecule has 1 aromatic carbocycles. The Morgan fingerprint density at radius 1 is 1.10 bits per heavy atom. The van der Waals surface area contributed by atoms with E-state index in [0.717, 1.165) is 4.88 Å². The van der Waals surface area contributed by atoms with Crippen molar-refractivity contribution in [2.45, 2.75) is 13.5 Å². The molecule has 2 heterocycles. The number of rotatable bonds is 6. The van der Waals surface area contributed by atoms with E-state index in [9.17, 15) is 15.3 Å². The van der Waals surface area contributed by atoms with E-state index in [-0.39, 0.29) is 11.5 Å². The highest BCUT2D eigenvalue weighted by atomic mass is 32.1. The van der Waals surface area contributed by atoms with Crippen LogP contribution in [0.1, 0.15) is 22.9 Å². The molecule has 2 aromatic heterocycles. The van der Waals surface area contributed by atoms with Crippen molar-refractivity contribution in [3.8, 4) is 23.3 Å². The quantitative estimate of drug-likeness (QED) is 0.570. The van der Waals surface area contributed by atoms with E-state index in [1.807, 2.05) is 17.5 Å². The van der Waals surface area contributed by atoms with Crippen molar-refractivity contribution < 1.29 is 4.79 Å². The minimum atomic E-state index is -0.172. The number of carbonyl (C=O) groups is 1. The van der Waals surface area contributed by atoms with Crippen molar-refractivity contribution in [3.63, 3.8) is 0 Å². The number of thiophene rings is 1. The van der Waals surface area contributed by atoms with E-state index in [1.165, 1.54) is 6.92 Å². The van der Waals surface area contributed by atoms with Gasteiger partial charge in [0.25, 0.3) is 0 Å². The van der Waals surface area contributed by atoms with Gasteiger partial charge in [-0.15, -0.1) is 11.3 Å². The minimum Gasteiger partial charge on any atom is -0.372 e. The lowest BCUT2D eigenvalue weighted by atomic mass is 9.95. The number of amides is 1. The summed E-state index contributed by atoms with van der Waals surface area (Å²) in [5.41, 5.74) is 2.40. The van der Waals surface area contributed by atoms with Gasteiger partial charge in [-0.3, -0.25) is 4.79 Å². The van der Waals surface area contributed by atoms with Gasteiger partial charge in [-0.2, -0.15) is 10.5 Å². The molecular weight excluding hydrogens is 384 g/mol. The second kappa shape index (κ2) is 8.87. The van der Waals surface area contributed by atoms with Crippen LogP contribution in [-0.2, 0) is 11.3 Å². The molecule has 29 heavy (non-hydrogen) atoms. The molecule has 0 aliphatic carbocycles. The van der Waals surface area contributed by atoms with Gasteiger partial charge < -0.3 is 16.0 Å². The van der Waals surface area contributed by atoms with Crippen LogP contribution in [0.4, 0.5) is 17.3 Å². The lowest BCUT2D eigenvalue weighted by Gasteiger charge is -2.16. The van der Waals surface area contributed by atoms with Gasteiger partial charge in [-0.05, 0) is 29.1 Å². The number of aromatic nitrogens is 1. The van der Waals surface area contributed by atoms with Crippen LogP contribution in [0.5, 0.6) is 0 Å². The molecule has 3 N–H and O–H groups in total. The first-order valence-corrected chi connectivity index (χ1v) is 9.65. The molecule has 0 saturated heterocycles. The van der Waals surface area contributed by atoms with Gasteiger partial charge in [-0.25, -0.2) is 4.98 Å². The predicted octanol–water partition coefficient (Wildman–Crippen LogP) is 4.17. The van der Waals surface area contributed by atoms with E-state index in [0.29, 0.717) is 40.6 Å². The number of nitrogens with one attached hydrogen (secondary N) is 3. The number of pyridine rings is 1. The van der Waals surface area contributed by atoms with Gasteiger partial charge in [0.2, 0.25) is 5.91 Å². The second-order valence-electron chi connectivity index (χ2n) is 6.10. The largest absolute Gasteiger partial charge is 0.372 e. The monoisotopic (exact) mass is 402 g/mol. The fourth-order valence-electron chi connectivity index (χ4n) is 2.91. The summed E-state index contributed by atoms with van der Waals surface area (Å²) < 4.78 is 0. The first kappa shape index (κ1) is 19.9. The molecule has 0 fully saturated rings. The van der Waals surface area contributed by atoms with Gasteiger partial charge in [0.05, 0.1) is 6.54 Å². The molecule has 7 nitrogen and oxygen atoms in total. The molecule has 1 amide bonds. The van der Waals surface area contributed by atoms with E-state index >= 15 is 0 Å². The minimum absolute atomic E-state index is 0.172. The van der Waals surface area contributed by atoms with Gasteiger partial charge >= 0.3 is 0 Å². The van der Waals surface area contributed by atoms with Gasteiger partial charge in [0, 0.05) is 30.1 Å². The number of anilines is 3. The highest BCUT2D eigenvalue weighted by molar-refractivity contribution is 7.09. The highest BCUT2D eigenvalue weighted by Crippen LogP contribution is 2.35. The first-order chi connectivity index (χ1) is 14.1. The predicted molar refractivity (Wildman–Crippen MR) is 115 cm³/mol. The Bertz CT molecular complexity index is 1110. The van der Waals surface area contributed by atoms with Crippen molar-refractivity contribution >= 4 is 34.6 Å². The van der Waals surface area contributed by atoms with E-state index in [1.54, 1.807) is 42.6 Å². The van der Waals surface area contributed by atoms with Crippen LogP contribution in [0, 0.1) is 22.7 Å². The average Bonchev–Trinajstić information content (AvgIpc) is 3.24. The zero-order chi connectivity index (χ0) is 20.8. The second-order valence-corrected chi connectivity index (χ2v) is 7.13. The highest BCUT2D eigenvalue weighted by Gasteiger charge is 2.21. The van der Waals surface area contributed by atoms with Crippen LogP contribution < -0.4 is 16.0 Å². The van der Waals surface area contributed by atoms with Crippen molar-refractivity contribution in [1.82, 2.24) is 4.98 Å². The summed E-state index contributed by atoms with van der Waals surface area (Å²) in [4.78, 5) is 16.8. The number of nitriles is 2. The lowest BCUT2D eigenvalue weighted by Crippen LogP contribution is -2.09. The smallest absolute Gasteiger partial charge is 0.221 e. The molecule has 8 heteroatoms. The zero-order valence-electron chi connectivity index (χ0n) is 15.9. The topological polar surface area (TPSA) is 114 Å². The van der Waals surface area contributed by atoms with Crippen LogP contribution in [0.25, 0.3) is 11.1 Å². The molecule has 0 aliphatic heterocycles. The molecule has 3 rings (SSSR count). The summed E-state index contributed by atoms with van der Waals surface area (Å²) in [6.07, 6.45) is 0. The Morgan fingerprint density at radius 2 is 1.79 bits per heavy atom. The summed E-state index contributed by atoms with van der Waals surface area (Å²) in [6.45, 7) is 1.96. The zero-order valence-corrected chi connectivity index (χ0v) is 16.7. The molecule has 0 unspecified atom stereocenters. The maximum Gasteiger partial charge on any atom is 0.221 e. The number of carbonyl (C=O) groups excluding carboxylic acids is 1. The number of benzene rings is 1. The molecule has 0 atom stereocenters. The third kappa shape index (κ3) is 4.34. The molecule has 0 saturated carbocycles. The summed E-state index contributed by atoms with van der Waals surface area (Å²) >= 11 is 1.60. The Hall–Kier alpha value is -3.88. The molecular formula is C21H18N6OS. The SMILES string of the molecule is CNc1nc(NCc2cccs2)c(C#N)c(-c2ccc(NC(C)=O)cc2)c1C#N. The fraction of sp³-hybridized carbons (Fsp3) is 0.143. The van der Waals surface area contributed by atoms with Crippen molar-refractivity contribution in [2.75, 3.05) is 23.0 Å². The van der Waals surface area contributed by atoms with Crippen LogP contribution in [0.2, 0.25) is 0 Å². The Labute approximate surface area is 172 Å². The fourth-order valence-corrected chi connectivity index (χ4v) is 3.55. The molecule has 0 radical (unpaired) electrons. The standard InChI is InChI=1S/C21H18N6OS/c1-13(28)26-15-7-5-14(6-8-15)19-17(10-22)20(24-2)27-21(18(19)11-23)25-12-16-4-3-9-29-16/h3-9H,12H2,1-2H3,(H,26,28)(H2,24,25,27). The summed E-state index contributed by atoms with van der Waals surface area (Å²) in [7, 11) is 1.68. The molecule has 0 spiro atoms. The normalized spacial score (nSPS) is 9.93. The van der Waals surface area contributed by atoms with E-state index < -0.39 is 0 Å². The van der Waals surface area contributed by atoms with Crippen LogP contribution in [0.3, 0.4) is 0 Å². The van der Waals surface area contributed by atoms with Gasteiger partial charge in [0.1, 0.15) is 34.9 Å². The summed E-state index contributed by atoms with van der Waals surface area (Å²) in [5.74, 6) is 0.626. The first-order valence-electron chi connectivity index (χ1n) is 8.77. The van der Waals surface area contributed by atoms with E-state index in [2.05, 4.69) is 33.1 Å². The molecule has 3 aromatic rings. The molecule has 0 bridgehead atoms. The number of nitrogens with zero attached hydrogens (tertiary/aromatic N) is 3. The van der Waals surface area contributed by atoms with Gasteiger partial charge in [0.15, 0.2) is 0 Å². The van der Waals surface area contributed by atoms with Crippen LogP contribution in [-0.4, -0.2) is 17.9 Å². The number of hydrogen-bond donors (Lipinski definition) is 3. The van der Waals surface area contributed by atoms with Crippen molar-refractivity contribution in [1.29, 1.82) is 10.5 Å². The van der Waals surface area contributed by atoms with E-state index in [4.69, 9.17) is 0 Å². The van der Waals surface area contributed by atoms with Crippen LogP contribution in [0.15, 0.2) is 41.8 Å². The van der Waals surface area contributed by atoms with Crippen molar-refractivity contribution in [2.24, 2.45) is 0 Å². The van der Waals surface area contributed by atoms with Crippen LogP contribution >= 0.6 is 11.3 Å². The average molecular weight is 402 g/mol. The third-order valence-electron chi connectivity index (χ3n) is 4.16. The lowest BCUT2D eigenvalue weighted by molar-refractivity contribution is -0.114.